The van der Waals surface area contributed by atoms with Crippen LogP contribution < -0.4 is 5.32 Å². The van der Waals surface area contributed by atoms with Crippen molar-refractivity contribution in [1.82, 2.24) is 5.32 Å². The summed E-state index contributed by atoms with van der Waals surface area (Å²) in [4.78, 5) is 22.5. The number of methoxy groups -OCH3 is 1. The largest absolute Gasteiger partial charge is 0.490 e. The number of azide groups is 1. The van der Waals surface area contributed by atoms with Crippen LogP contribution in [0.25, 0.3) is 10.4 Å². The Kier molecular flexibility index (Phi) is 6.66. The van der Waals surface area contributed by atoms with Gasteiger partial charge < -0.3 is 15.2 Å². The van der Waals surface area contributed by atoms with Gasteiger partial charge in [-0.15, -0.1) is 0 Å². The van der Waals surface area contributed by atoms with Crippen LogP contribution in [-0.2, 0) is 14.3 Å². The lowest BCUT2D eigenvalue weighted by Crippen LogP contribution is -2.31. The summed E-state index contributed by atoms with van der Waals surface area (Å²) in [6, 6.07) is -0.440. The third-order valence-electron chi connectivity index (χ3n) is 2.05. The summed E-state index contributed by atoms with van der Waals surface area (Å²) >= 11 is 0. The molecule has 2 N–H and O–H groups in total. The minimum Gasteiger partial charge on any atom is -0.475 e. The highest BCUT2D eigenvalue weighted by Crippen LogP contribution is 2.13. The van der Waals surface area contributed by atoms with Crippen LogP contribution >= 0.6 is 0 Å². The summed E-state index contributed by atoms with van der Waals surface area (Å²) in [5.41, 5.74) is 8.12. The van der Waals surface area contributed by atoms with Gasteiger partial charge in [0.2, 0.25) is 0 Å². The molecule has 8 nitrogen and oxygen atoms in total. The number of nitrogens with zero attached hydrogens (tertiary/aromatic N) is 3. The van der Waals surface area contributed by atoms with Crippen LogP contribution in [0, 0.1) is 0 Å². The highest BCUT2D eigenvalue weighted by molar-refractivity contribution is 5.76. The predicted octanol–water partition coefficient (Wildman–Crippen LogP) is 0.833. The number of esters is 1. The average molecular weight is 284 g/mol. The summed E-state index contributed by atoms with van der Waals surface area (Å²) in [6.07, 6.45) is -4.56. The fraction of sp³-hybridized carbons (Fsp3) is 0.750. The molecule has 0 bridgehead atoms. The Bertz CT molecular complexity index is 381. The van der Waals surface area contributed by atoms with E-state index in [-0.39, 0.29) is 18.1 Å². The lowest BCUT2D eigenvalue weighted by Gasteiger charge is -2.05. The van der Waals surface area contributed by atoms with Gasteiger partial charge in [-0.05, 0) is 12.0 Å². The van der Waals surface area contributed by atoms with Crippen molar-refractivity contribution in [2.75, 3.05) is 13.7 Å². The van der Waals surface area contributed by atoms with Gasteiger partial charge in [-0.2, -0.15) is 13.2 Å². The molecule has 0 aromatic rings. The molecule has 1 aliphatic heterocycles. The molecule has 0 spiro atoms. The number of carboxylic acid groups (broad SMARTS) is 1. The van der Waals surface area contributed by atoms with Crippen molar-refractivity contribution in [3.05, 3.63) is 10.4 Å². The normalized spacial score (nSPS) is 21.7. The van der Waals surface area contributed by atoms with E-state index in [1.807, 2.05) is 0 Å². The minimum absolute atomic E-state index is 0.126. The molecular weight excluding hydrogens is 273 g/mol. The molecule has 11 heteroatoms. The van der Waals surface area contributed by atoms with E-state index in [0.29, 0.717) is 13.0 Å². The Morgan fingerprint density at radius 2 is 2.05 bits per heavy atom. The maximum absolute atomic E-state index is 10.9. The second-order valence-electron chi connectivity index (χ2n) is 3.38. The number of nitrogens with one attached hydrogen (secondary N) is 1. The maximum atomic E-state index is 10.9. The number of hydrogen-bond acceptors (Lipinski definition) is 5. The quantitative estimate of drug-likeness (QED) is 0.336. The SMILES string of the molecule is COC(=O)[C@@H]1C[C@H](N=[N+]=[N-])CN1.O=C(O)C(F)(F)F. The molecule has 1 fully saturated rings. The fourth-order valence-electron chi connectivity index (χ4n) is 1.20. The van der Waals surface area contributed by atoms with E-state index in [1.54, 1.807) is 0 Å². The number of carbonyl (C=O) groups excluding carboxylic acids is 1. The number of carboxylic acids is 1. The Hall–Kier alpha value is -2.00. The summed E-state index contributed by atoms with van der Waals surface area (Å²) in [5, 5.41) is 13.5. The molecule has 19 heavy (non-hydrogen) atoms. The van der Waals surface area contributed by atoms with Crippen molar-refractivity contribution < 1.29 is 32.6 Å². The number of carbonyl (C=O) groups is 2. The molecular formula is C8H11F3N4O4. The van der Waals surface area contributed by atoms with Crippen molar-refractivity contribution in [1.29, 1.82) is 0 Å². The molecule has 108 valence electrons. The zero-order valence-electron chi connectivity index (χ0n) is 9.72. The number of halogens is 3. The smallest absolute Gasteiger partial charge is 0.475 e. The molecule has 0 unspecified atom stereocenters. The first-order chi connectivity index (χ1) is 8.72. The van der Waals surface area contributed by atoms with E-state index in [9.17, 15) is 18.0 Å². The van der Waals surface area contributed by atoms with Crippen LogP contribution in [0.5, 0.6) is 0 Å². The summed E-state index contributed by atoms with van der Waals surface area (Å²) in [6.45, 7) is 0.545. The molecule has 0 amide bonds. The van der Waals surface area contributed by atoms with Gasteiger partial charge in [0.05, 0.1) is 13.2 Å². The van der Waals surface area contributed by atoms with Crippen LogP contribution in [0.2, 0.25) is 0 Å². The molecule has 0 radical (unpaired) electrons. The number of aliphatic carboxylic acids is 1. The molecule has 0 aromatic carbocycles. The maximum Gasteiger partial charge on any atom is 0.490 e. The van der Waals surface area contributed by atoms with Crippen molar-refractivity contribution in [2.45, 2.75) is 24.7 Å². The summed E-state index contributed by atoms with van der Waals surface area (Å²) in [5.74, 6) is -3.06. The minimum atomic E-state index is -5.08. The van der Waals surface area contributed by atoms with Gasteiger partial charge in [-0.1, -0.05) is 5.11 Å². The Morgan fingerprint density at radius 3 is 2.42 bits per heavy atom. The van der Waals surface area contributed by atoms with Gasteiger partial charge >= 0.3 is 18.1 Å². The second-order valence-corrected chi connectivity index (χ2v) is 3.38. The van der Waals surface area contributed by atoms with E-state index in [1.165, 1.54) is 7.11 Å². The van der Waals surface area contributed by atoms with Crippen molar-refractivity contribution in [3.8, 4) is 0 Å². The van der Waals surface area contributed by atoms with Gasteiger partial charge in [-0.3, -0.25) is 4.79 Å². The Morgan fingerprint density at radius 1 is 1.53 bits per heavy atom. The number of hydrogen-bond donors (Lipinski definition) is 2. The number of alkyl halides is 3. The number of rotatable bonds is 2. The van der Waals surface area contributed by atoms with Gasteiger partial charge in [0, 0.05) is 11.5 Å². The first-order valence-corrected chi connectivity index (χ1v) is 4.88. The van der Waals surface area contributed by atoms with Crippen LogP contribution in [0.15, 0.2) is 5.11 Å². The molecule has 1 rings (SSSR count). The Balaban J connectivity index is 0.000000399. The molecule has 1 heterocycles. The Labute approximate surface area is 105 Å². The van der Waals surface area contributed by atoms with E-state index in [0.717, 1.165) is 0 Å². The lowest BCUT2D eigenvalue weighted by atomic mass is 10.2. The monoisotopic (exact) mass is 284 g/mol. The molecule has 1 saturated heterocycles. The van der Waals surface area contributed by atoms with Crippen molar-refractivity contribution >= 4 is 11.9 Å². The predicted molar refractivity (Wildman–Crippen MR) is 55.0 cm³/mol. The van der Waals surface area contributed by atoms with Gasteiger partial charge in [-0.25, -0.2) is 4.79 Å². The van der Waals surface area contributed by atoms with Gasteiger partial charge in [0.25, 0.3) is 0 Å². The second kappa shape index (κ2) is 7.44. The lowest BCUT2D eigenvalue weighted by molar-refractivity contribution is -0.192. The third-order valence-corrected chi connectivity index (χ3v) is 2.05. The first-order valence-electron chi connectivity index (χ1n) is 4.88. The molecule has 1 aliphatic rings. The van der Waals surface area contributed by atoms with E-state index in [2.05, 4.69) is 20.1 Å². The summed E-state index contributed by atoms with van der Waals surface area (Å²) < 4.78 is 36.3. The molecule has 0 saturated carbocycles. The molecule has 0 aliphatic carbocycles. The van der Waals surface area contributed by atoms with Crippen molar-refractivity contribution in [3.63, 3.8) is 0 Å². The zero-order valence-corrected chi connectivity index (χ0v) is 9.72. The zero-order chi connectivity index (χ0) is 15.1. The molecule has 2 atom stereocenters. The first kappa shape index (κ1) is 17.0. The van der Waals surface area contributed by atoms with Gasteiger partial charge in [0.15, 0.2) is 0 Å². The topological polar surface area (TPSA) is 124 Å². The van der Waals surface area contributed by atoms with Crippen molar-refractivity contribution in [2.24, 2.45) is 5.11 Å². The third kappa shape index (κ3) is 6.48. The number of ether oxygens (including phenoxy) is 1. The van der Waals surface area contributed by atoms with E-state index in [4.69, 9.17) is 15.4 Å². The van der Waals surface area contributed by atoms with E-state index < -0.39 is 12.1 Å². The summed E-state index contributed by atoms with van der Waals surface area (Å²) in [7, 11) is 1.34. The standard InChI is InChI=1S/C6H10N4O2.C2HF3O2/c1-12-6(11)5-2-4(3-8-5)9-10-7;3-2(4,5)1(6)7/h4-5,8H,2-3H2,1H3;(H,6,7)/t4-,5-;/m0./s1. The van der Waals surface area contributed by atoms with Crippen LogP contribution in [0.1, 0.15) is 6.42 Å². The van der Waals surface area contributed by atoms with Gasteiger partial charge in [0.1, 0.15) is 6.04 Å². The van der Waals surface area contributed by atoms with Crippen LogP contribution in [0.3, 0.4) is 0 Å². The van der Waals surface area contributed by atoms with Crippen LogP contribution in [0.4, 0.5) is 13.2 Å². The molecule has 0 aromatic heterocycles. The fourth-order valence-corrected chi connectivity index (χ4v) is 1.20. The van der Waals surface area contributed by atoms with Crippen LogP contribution in [-0.4, -0.2) is 49.0 Å². The van der Waals surface area contributed by atoms with E-state index >= 15 is 0 Å². The highest BCUT2D eigenvalue weighted by atomic mass is 19.4. The average Bonchev–Trinajstić information content (AvgIpc) is 2.76. The highest BCUT2D eigenvalue weighted by Gasteiger charge is 2.38.